The number of carbonyl (C=O) groups excluding carboxylic acids is 1. The molecule has 0 aliphatic rings. The first-order valence-corrected chi connectivity index (χ1v) is 7.45. The lowest BCUT2D eigenvalue weighted by Gasteiger charge is -2.12. The molecule has 0 aliphatic carbocycles. The predicted molar refractivity (Wildman–Crippen MR) is 76.7 cm³/mol. The fraction of sp³-hybridized carbons (Fsp3) is 0.500. The molecule has 0 atom stereocenters. The highest BCUT2D eigenvalue weighted by Gasteiger charge is 2.13. The number of aromatic nitrogens is 3. The van der Waals surface area contributed by atoms with Crippen LogP contribution in [0.15, 0.2) is 18.5 Å². The molecule has 4 nitrogen and oxygen atoms in total. The summed E-state index contributed by atoms with van der Waals surface area (Å²) in [5.41, 5.74) is 0.836. The quantitative estimate of drug-likeness (QED) is 0.760. The summed E-state index contributed by atoms with van der Waals surface area (Å²) in [5, 5.41) is 5.43. The van der Waals surface area contributed by atoms with E-state index in [9.17, 15) is 4.79 Å². The van der Waals surface area contributed by atoms with E-state index in [1.165, 1.54) is 11.3 Å². The normalized spacial score (nSPS) is 11.2. The summed E-state index contributed by atoms with van der Waals surface area (Å²) < 4.78 is 1.97. The van der Waals surface area contributed by atoms with Gasteiger partial charge in [0, 0.05) is 12.4 Å². The lowest BCUT2D eigenvalue weighted by atomic mass is 10.2. The molecule has 0 spiro atoms. The van der Waals surface area contributed by atoms with Gasteiger partial charge >= 0.3 is 0 Å². The van der Waals surface area contributed by atoms with Crippen LogP contribution in [0, 0.1) is 6.92 Å². The molecule has 0 saturated carbocycles. The number of carbonyl (C=O) groups is 1. The van der Waals surface area contributed by atoms with Crippen LogP contribution in [0.3, 0.4) is 0 Å². The Morgan fingerprint density at radius 3 is 2.74 bits per heavy atom. The maximum atomic E-state index is 12.1. The monoisotopic (exact) mass is 277 g/mol. The Hall–Kier alpha value is -1.49. The van der Waals surface area contributed by atoms with Gasteiger partial charge in [0.05, 0.1) is 28.0 Å². The highest BCUT2D eigenvalue weighted by Crippen LogP contribution is 2.17. The van der Waals surface area contributed by atoms with Gasteiger partial charge in [-0.05, 0) is 25.8 Å². The number of rotatable bonds is 6. The molecular weight excluding hydrogens is 258 g/mol. The van der Waals surface area contributed by atoms with Crippen LogP contribution in [0.5, 0.6) is 0 Å². The van der Waals surface area contributed by atoms with Gasteiger partial charge in [0.25, 0.3) is 0 Å². The molecule has 0 saturated heterocycles. The molecular formula is C14H19N3OS. The third kappa shape index (κ3) is 3.29. The van der Waals surface area contributed by atoms with Gasteiger partial charge in [-0.1, -0.05) is 13.8 Å². The Morgan fingerprint density at radius 2 is 2.16 bits per heavy atom. The van der Waals surface area contributed by atoms with Crippen LogP contribution in [-0.2, 0) is 6.42 Å². The van der Waals surface area contributed by atoms with Crippen molar-refractivity contribution in [3.8, 4) is 0 Å². The Kier molecular flexibility index (Phi) is 4.47. The minimum absolute atomic E-state index is 0.0976. The van der Waals surface area contributed by atoms with Crippen LogP contribution < -0.4 is 0 Å². The van der Waals surface area contributed by atoms with Crippen molar-refractivity contribution in [2.75, 3.05) is 0 Å². The first-order chi connectivity index (χ1) is 9.13. The van der Waals surface area contributed by atoms with Crippen LogP contribution in [0.1, 0.15) is 53.1 Å². The van der Waals surface area contributed by atoms with Gasteiger partial charge in [0.15, 0.2) is 5.78 Å². The zero-order chi connectivity index (χ0) is 13.8. The fourth-order valence-corrected chi connectivity index (χ4v) is 2.79. The molecule has 2 rings (SSSR count). The van der Waals surface area contributed by atoms with Crippen LogP contribution in [0.2, 0.25) is 0 Å². The standard InChI is InChI=1S/C14H19N3OS/c1-4-12(5-2)17-7-6-11(16-17)8-13(18)14-9-15-10(3)19-14/h6-7,9,12H,4-5,8H2,1-3H3. The van der Waals surface area contributed by atoms with E-state index in [0.29, 0.717) is 12.5 Å². The Bertz CT molecular complexity index is 555. The summed E-state index contributed by atoms with van der Waals surface area (Å²) >= 11 is 1.44. The van der Waals surface area contributed by atoms with E-state index in [2.05, 4.69) is 23.9 Å². The van der Waals surface area contributed by atoms with Crippen molar-refractivity contribution in [1.29, 1.82) is 0 Å². The van der Waals surface area contributed by atoms with Crippen molar-refractivity contribution in [2.24, 2.45) is 0 Å². The summed E-state index contributed by atoms with van der Waals surface area (Å²) in [6.45, 7) is 6.21. The molecule has 0 unspecified atom stereocenters. The molecule has 2 aromatic heterocycles. The second kappa shape index (κ2) is 6.10. The molecule has 2 heterocycles. The first-order valence-electron chi connectivity index (χ1n) is 6.63. The molecule has 0 fully saturated rings. The van der Waals surface area contributed by atoms with Gasteiger partial charge in [0.2, 0.25) is 0 Å². The van der Waals surface area contributed by atoms with Crippen LogP contribution >= 0.6 is 11.3 Å². The molecule has 5 heteroatoms. The molecule has 19 heavy (non-hydrogen) atoms. The van der Waals surface area contributed by atoms with E-state index in [-0.39, 0.29) is 5.78 Å². The number of thiazole rings is 1. The Morgan fingerprint density at radius 1 is 1.42 bits per heavy atom. The molecule has 0 N–H and O–H groups in total. The SMILES string of the molecule is CCC(CC)n1ccc(CC(=O)c2cnc(C)s2)n1. The highest BCUT2D eigenvalue weighted by molar-refractivity contribution is 7.13. The zero-order valence-corrected chi connectivity index (χ0v) is 12.4. The lowest BCUT2D eigenvalue weighted by molar-refractivity contribution is 0.0995. The van der Waals surface area contributed by atoms with E-state index < -0.39 is 0 Å². The molecule has 0 bridgehead atoms. The largest absolute Gasteiger partial charge is 0.293 e. The maximum absolute atomic E-state index is 12.1. The summed E-state index contributed by atoms with van der Waals surface area (Å²) in [5.74, 6) is 0.0976. The van der Waals surface area contributed by atoms with Gasteiger partial charge in [-0.2, -0.15) is 5.10 Å². The van der Waals surface area contributed by atoms with Gasteiger partial charge in [0.1, 0.15) is 0 Å². The van der Waals surface area contributed by atoms with E-state index in [1.54, 1.807) is 6.20 Å². The molecule has 0 aromatic carbocycles. The van der Waals surface area contributed by atoms with Crippen molar-refractivity contribution in [2.45, 2.75) is 46.1 Å². The maximum Gasteiger partial charge on any atom is 0.180 e. The van der Waals surface area contributed by atoms with Gasteiger partial charge in [-0.15, -0.1) is 11.3 Å². The van der Waals surface area contributed by atoms with E-state index in [1.807, 2.05) is 23.9 Å². The van der Waals surface area contributed by atoms with Crippen molar-refractivity contribution in [3.63, 3.8) is 0 Å². The lowest BCUT2D eigenvalue weighted by Crippen LogP contribution is -2.09. The number of nitrogens with zero attached hydrogens (tertiary/aromatic N) is 3. The summed E-state index contributed by atoms with van der Waals surface area (Å²) in [6, 6.07) is 2.36. The van der Waals surface area contributed by atoms with Gasteiger partial charge < -0.3 is 0 Å². The van der Waals surface area contributed by atoms with Crippen LogP contribution in [0.4, 0.5) is 0 Å². The Labute approximate surface area is 117 Å². The van der Waals surface area contributed by atoms with Crippen LogP contribution in [0.25, 0.3) is 0 Å². The molecule has 0 radical (unpaired) electrons. The van der Waals surface area contributed by atoms with E-state index in [0.717, 1.165) is 28.4 Å². The zero-order valence-electron chi connectivity index (χ0n) is 11.6. The summed E-state index contributed by atoms with van der Waals surface area (Å²) in [7, 11) is 0. The Balaban J connectivity index is 2.06. The number of ketones is 1. The predicted octanol–water partition coefficient (Wildman–Crippen LogP) is 3.43. The second-order valence-electron chi connectivity index (χ2n) is 4.60. The number of aryl methyl sites for hydroxylation is 1. The molecule has 102 valence electrons. The summed E-state index contributed by atoms with van der Waals surface area (Å²) in [6.07, 6.45) is 6.09. The minimum atomic E-state index is 0.0976. The number of hydrogen-bond donors (Lipinski definition) is 0. The third-order valence-corrected chi connectivity index (χ3v) is 4.17. The third-order valence-electron chi connectivity index (χ3n) is 3.22. The summed E-state index contributed by atoms with van der Waals surface area (Å²) in [4.78, 5) is 16.9. The average Bonchev–Trinajstić information content (AvgIpc) is 3.00. The topological polar surface area (TPSA) is 47.8 Å². The van der Waals surface area contributed by atoms with Crippen LogP contribution in [-0.4, -0.2) is 20.5 Å². The van der Waals surface area contributed by atoms with Gasteiger partial charge in [-0.25, -0.2) is 4.98 Å². The molecule has 2 aromatic rings. The molecule has 0 amide bonds. The van der Waals surface area contributed by atoms with Crippen molar-refractivity contribution in [3.05, 3.63) is 34.0 Å². The first kappa shape index (κ1) is 13.9. The molecule has 0 aliphatic heterocycles. The van der Waals surface area contributed by atoms with Gasteiger partial charge in [-0.3, -0.25) is 9.48 Å². The minimum Gasteiger partial charge on any atom is -0.293 e. The van der Waals surface area contributed by atoms with E-state index in [4.69, 9.17) is 0 Å². The van der Waals surface area contributed by atoms with Crippen molar-refractivity contribution in [1.82, 2.24) is 14.8 Å². The smallest absolute Gasteiger partial charge is 0.180 e. The van der Waals surface area contributed by atoms with Crippen molar-refractivity contribution >= 4 is 17.1 Å². The average molecular weight is 277 g/mol. The van der Waals surface area contributed by atoms with E-state index >= 15 is 0 Å². The highest BCUT2D eigenvalue weighted by atomic mass is 32.1. The fourth-order valence-electron chi connectivity index (χ4n) is 2.08. The number of hydrogen-bond acceptors (Lipinski definition) is 4. The number of Topliss-reactive ketones (excluding diaryl/α,β-unsaturated/α-hetero) is 1. The second-order valence-corrected chi connectivity index (χ2v) is 5.84. The van der Waals surface area contributed by atoms with Crippen molar-refractivity contribution < 1.29 is 4.79 Å².